The number of amides is 2. The Bertz CT molecular complexity index is 475. The number of hydrogen-bond acceptors (Lipinski definition) is 2. The Morgan fingerprint density at radius 3 is 2.60 bits per heavy atom. The van der Waals surface area contributed by atoms with Crippen molar-refractivity contribution in [2.45, 2.75) is 27.2 Å². The average Bonchev–Trinajstić information content (AvgIpc) is 2.35. The summed E-state index contributed by atoms with van der Waals surface area (Å²) in [7, 11) is 0. The predicted octanol–water partition coefficient (Wildman–Crippen LogP) is 2.96. The number of anilines is 1. The van der Waals surface area contributed by atoms with Gasteiger partial charge in [-0.25, -0.2) is 0 Å². The summed E-state index contributed by atoms with van der Waals surface area (Å²) in [6.45, 7) is 6.36. The molecule has 2 amide bonds. The molecule has 0 saturated heterocycles. The molecule has 0 saturated carbocycles. The fourth-order valence-corrected chi connectivity index (χ4v) is 2.12. The largest absolute Gasteiger partial charge is 0.355 e. The Kier molecular flexibility index (Phi) is 6.71. The van der Waals surface area contributed by atoms with Gasteiger partial charge in [-0.2, -0.15) is 0 Å². The molecule has 5 heteroatoms. The summed E-state index contributed by atoms with van der Waals surface area (Å²) in [6.07, 6.45) is 0.933. The van der Waals surface area contributed by atoms with Gasteiger partial charge in [0.15, 0.2) is 0 Å². The third-order valence-corrected chi connectivity index (χ3v) is 3.34. The Labute approximate surface area is 128 Å². The number of carbonyl (C=O) groups excluding carboxylic acids is 2. The summed E-state index contributed by atoms with van der Waals surface area (Å²) in [6, 6.07) is 7.35. The number of hydrogen-bond donors (Lipinski definition) is 1. The summed E-state index contributed by atoms with van der Waals surface area (Å²) >= 11 is 3.37. The number of halogens is 1. The first kappa shape index (κ1) is 16.7. The Morgan fingerprint density at radius 2 is 2.05 bits per heavy atom. The topological polar surface area (TPSA) is 49.4 Å². The van der Waals surface area contributed by atoms with E-state index >= 15 is 0 Å². The molecule has 20 heavy (non-hydrogen) atoms. The van der Waals surface area contributed by atoms with Crippen LogP contribution in [0, 0.1) is 5.92 Å². The number of rotatable bonds is 6. The summed E-state index contributed by atoms with van der Waals surface area (Å²) < 4.78 is 0.876. The van der Waals surface area contributed by atoms with Crippen LogP contribution < -0.4 is 10.2 Å². The average molecular weight is 341 g/mol. The summed E-state index contributed by atoms with van der Waals surface area (Å²) in [4.78, 5) is 25.1. The molecule has 1 N–H and O–H groups in total. The standard InChI is InChI=1S/C15H21BrN2O2/c1-11(2)7-8-17-15(20)10-18(12(3)19)14-6-4-5-13(16)9-14/h4-6,9,11H,7-8,10H2,1-3H3,(H,17,20). The number of nitrogens with one attached hydrogen (secondary N) is 1. The zero-order valence-electron chi connectivity index (χ0n) is 12.1. The molecular formula is C15H21BrN2O2. The first-order valence-electron chi connectivity index (χ1n) is 6.70. The Hall–Kier alpha value is -1.36. The molecule has 0 fully saturated rings. The maximum Gasteiger partial charge on any atom is 0.240 e. The van der Waals surface area contributed by atoms with Crippen molar-refractivity contribution in [2.24, 2.45) is 5.92 Å². The molecular weight excluding hydrogens is 320 g/mol. The zero-order chi connectivity index (χ0) is 15.1. The molecule has 0 unspecified atom stereocenters. The van der Waals surface area contributed by atoms with Crippen LogP contribution in [0.1, 0.15) is 27.2 Å². The van der Waals surface area contributed by atoms with Crippen molar-refractivity contribution in [1.29, 1.82) is 0 Å². The molecule has 4 nitrogen and oxygen atoms in total. The van der Waals surface area contributed by atoms with Crippen molar-refractivity contribution >= 4 is 33.4 Å². The van der Waals surface area contributed by atoms with E-state index in [4.69, 9.17) is 0 Å². The van der Waals surface area contributed by atoms with Gasteiger partial charge in [-0.3, -0.25) is 9.59 Å². The van der Waals surface area contributed by atoms with Gasteiger partial charge in [-0.1, -0.05) is 35.8 Å². The number of carbonyl (C=O) groups is 2. The highest BCUT2D eigenvalue weighted by atomic mass is 79.9. The quantitative estimate of drug-likeness (QED) is 0.865. The second kappa shape index (κ2) is 8.04. The molecule has 0 bridgehead atoms. The molecule has 1 rings (SSSR count). The fourth-order valence-electron chi connectivity index (χ4n) is 1.73. The fraction of sp³-hybridized carbons (Fsp3) is 0.467. The molecule has 110 valence electrons. The lowest BCUT2D eigenvalue weighted by molar-refractivity contribution is -0.123. The molecule has 1 aromatic rings. The molecule has 0 atom stereocenters. The van der Waals surface area contributed by atoms with Crippen molar-refractivity contribution in [3.8, 4) is 0 Å². The third kappa shape index (κ3) is 5.74. The van der Waals surface area contributed by atoms with E-state index in [0.717, 1.165) is 10.9 Å². The van der Waals surface area contributed by atoms with Crippen LogP contribution in [0.4, 0.5) is 5.69 Å². The van der Waals surface area contributed by atoms with Gasteiger partial charge in [-0.15, -0.1) is 0 Å². The molecule has 0 aromatic heterocycles. The minimum absolute atomic E-state index is 0.0455. The first-order chi connectivity index (χ1) is 9.40. The van der Waals surface area contributed by atoms with Crippen LogP contribution in [0.25, 0.3) is 0 Å². The summed E-state index contributed by atoms with van der Waals surface area (Å²) in [5, 5.41) is 2.84. The maximum absolute atomic E-state index is 11.9. The van der Waals surface area contributed by atoms with E-state index in [1.165, 1.54) is 11.8 Å². The van der Waals surface area contributed by atoms with Gasteiger partial charge in [0, 0.05) is 23.6 Å². The third-order valence-electron chi connectivity index (χ3n) is 2.85. The predicted molar refractivity (Wildman–Crippen MR) is 84.6 cm³/mol. The van der Waals surface area contributed by atoms with Gasteiger partial charge in [0.2, 0.25) is 11.8 Å². The zero-order valence-corrected chi connectivity index (χ0v) is 13.7. The van der Waals surface area contributed by atoms with E-state index in [-0.39, 0.29) is 18.4 Å². The smallest absolute Gasteiger partial charge is 0.240 e. The second-order valence-corrected chi connectivity index (χ2v) is 6.03. The van der Waals surface area contributed by atoms with Crippen LogP contribution in [-0.2, 0) is 9.59 Å². The van der Waals surface area contributed by atoms with Gasteiger partial charge < -0.3 is 10.2 Å². The van der Waals surface area contributed by atoms with E-state index in [0.29, 0.717) is 18.2 Å². The van der Waals surface area contributed by atoms with Crippen molar-refractivity contribution in [1.82, 2.24) is 5.32 Å². The lowest BCUT2D eigenvalue weighted by Crippen LogP contribution is -2.40. The van der Waals surface area contributed by atoms with Gasteiger partial charge >= 0.3 is 0 Å². The van der Waals surface area contributed by atoms with E-state index in [9.17, 15) is 9.59 Å². The van der Waals surface area contributed by atoms with Crippen LogP contribution in [0.15, 0.2) is 28.7 Å². The highest BCUT2D eigenvalue weighted by Gasteiger charge is 2.15. The summed E-state index contributed by atoms with van der Waals surface area (Å²) in [5.41, 5.74) is 0.714. The molecule has 0 aliphatic rings. The van der Waals surface area contributed by atoms with E-state index in [1.54, 1.807) is 0 Å². The number of nitrogens with zero attached hydrogens (tertiary/aromatic N) is 1. The monoisotopic (exact) mass is 340 g/mol. The highest BCUT2D eigenvalue weighted by Crippen LogP contribution is 2.19. The van der Waals surface area contributed by atoms with Crippen molar-refractivity contribution in [3.63, 3.8) is 0 Å². The van der Waals surface area contributed by atoms with Gasteiger partial charge in [0.05, 0.1) is 0 Å². The lowest BCUT2D eigenvalue weighted by atomic mass is 10.1. The molecule has 1 aromatic carbocycles. The number of benzene rings is 1. The van der Waals surface area contributed by atoms with Crippen molar-refractivity contribution in [2.75, 3.05) is 18.0 Å². The van der Waals surface area contributed by atoms with Crippen LogP contribution >= 0.6 is 15.9 Å². The maximum atomic E-state index is 11.9. The van der Waals surface area contributed by atoms with Crippen molar-refractivity contribution < 1.29 is 9.59 Å². The van der Waals surface area contributed by atoms with Crippen LogP contribution in [0.3, 0.4) is 0 Å². The minimum Gasteiger partial charge on any atom is -0.355 e. The highest BCUT2D eigenvalue weighted by molar-refractivity contribution is 9.10. The van der Waals surface area contributed by atoms with Gasteiger partial charge in [-0.05, 0) is 30.5 Å². The van der Waals surface area contributed by atoms with E-state index in [1.807, 2.05) is 24.3 Å². The minimum atomic E-state index is -0.151. The molecule has 0 spiro atoms. The Morgan fingerprint density at radius 1 is 1.35 bits per heavy atom. The van der Waals surface area contributed by atoms with Crippen LogP contribution in [0.5, 0.6) is 0 Å². The van der Waals surface area contributed by atoms with E-state index < -0.39 is 0 Å². The Balaban J connectivity index is 2.64. The molecule has 0 aliphatic carbocycles. The van der Waals surface area contributed by atoms with Crippen LogP contribution in [-0.4, -0.2) is 24.9 Å². The second-order valence-electron chi connectivity index (χ2n) is 5.12. The van der Waals surface area contributed by atoms with Crippen LogP contribution in [0.2, 0.25) is 0 Å². The van der Waals surface area contributed by atoms with Crippen molar-refractivity contribution in [3.05, 3.63) is 28.7 Å². The molecule has 0 heterocycles. The SMILES string of the molecule is CC(=O)N(CC(=O)NCCC(C)C)c1cccc(Br)c1. The normalized spacial score (nSPS) is 10.4. The van der Waals surface area contributed by atoms with Gasteiger partial charge in [0.1, 0.15) is 6.54 Å². The lowest BCUT2D eigenvalue weighted by Gasteiger charge is -2.21. The molecule has 0 radical (unpaired) electrons. The first-order valence-corrected chi connectivity index (χ1v) is 7.50. The van der Waals surface area contributed by atoms with Gasteiger partial charge in [0.25, 0.3) is 0 Å². The molecule has 0 aliphatic heterocycles. The van der Waals surface area contributed by atoms with E-state index in [2.05, 4.69) is 35.1 Å². The summed E-state index contributed by atoms with van der Waals surface area (Å²) in [5.74, 6) is 0.257.